The van der Waals surface area contributed by atoms with Gasteiger partial charge in [0.1, 0.15) is 0 Å². The van der Waals surface area contributed by atoms with Crippen molar-refractivity contribution >= 4 is 0 Å². The lowest BCUT2D eigenvalue weighted by Crippen LogP contribution is -2.23. The molecule has 1 aromatic rings. The molecule has 0 amide bonds. The fourth-order valence-corrected chi connectivity index (χ4v) is 2.73. The molecule has 1 unspecified atom stereocenters. The molecule has 0 aliphatic heterocycles. The third kappa shape index (κ3) is 5.33. The molecular weight excluding hydrogens is 234 g/mol. The molecule has 19 heavy (non-hydrogen) atoms. The molecule has 1 aromatic carbocycles. The number of benzene rings is 1. The third-order valence-corrected chi connectivity index (χ3v) is 3.62. The quantitative estimate of drug-likeness (QED) is 0.699. The first-order valence-corrected chi connectivity index (χ1v) is 7.52. The monoisotopic (exact) mass is 263 g/mol. The van der Waals surface area contributed by atoms with E-state index in [1.807, 2.05) is 0 Å². The first-order chi connectivity index (χ1) is 9.06. The summed E-state index contributed by atoms with van der Waals surface area (Å²) in [5, 5.41) is 13.7. The second-order valence-corrected chi connectivity index (χ2v) is 5.59. The van der Waals surface area contributed by atoms with Crippen molar-refractivity contribution in [1.82, 2.24) is 5.32 Å². The standard InChI is InChI=1S/C17H29NO/c1-5-6-7-8-9-18-12-16(19)17-14(3)10-13(2)11-15(17)4/h10-11,16,18-19H,5-9,12H2,1-4H3. The van der Waals surface area contributed by atoms with Crippen LogP contribution in [0.1, 0.15) is 61.0 Å². The minimum absolute atomic E-state index is 0.397. The Morgan fingerprint density at radius 3 is 2.26 bits per heavy atom. The van der Waals surface area contributed by atoms with Crippen molar-refractivity contribution in [3.8, 4) is 0 Å². The van der Waals surface area contributed by atoms with Crippen LogP contribution in [0.25, 0.3) is 0 Å². The van der Waals surface area contributed by atoms with Gasteiger partial charge in [0.2, 0.25) is 0 Å². The van der Waals surface area contributed by atoms with Gasteiger partial charge in [0.15, 0.2) is 0 Å². The predicted molar refractivity (Wildman–Crippen MR) is 82.6 cm³/mol. The zero-order chi connectivity index (χ0) is 14.3. The van der Waals surface area contributed by atoms with Crippen molar-refractivity contribution in [3.05, 3.63) is 34.4 Å². The van der Waals surface area contributed by atoms with Crippen LogP contribution in [-0.4, -0.2) is 18.2 Å². The second-order valence-electron chi connectivity index (χ2n) is 5.59. The zero-order valence-corrected chi connectivity index (χ0v) is 12.9. The molecule has 1 atom stereocenters. The number of aliphatic hydroxyl groups excluding tert-OH is 1. The molecule has 2 heteroatoms. The Hall–Kier alpha value is -0.860. The number of rotatable bonds is 8. The minimum Gasteiger partial charge on any atom is -0.387 e. The maximum Gasteiger partial charge on any atom is 0.0919 e. The van der Waals surface area contributed by atoms with Crippen LogP contribution >= 0.6 is 0 Å². The number of unbranched alkanes of at least 4 members (excludes halogenated alkanes) is 3. The molecule has 0 fully saturated rings. The van der Waals surface area contributed by atoms with Crippen molar-refractivity contribution in [2.75, 3.05) is 13.1 Å². The SMILES string of the molecule is CCCCCCNCC(O)c1c(C)cc(C)cc1C. The van der Waals surface area contributed by atoms with Gasteiger partial charge in [0.25, 0.3) is 0 Å². The van der Waals surface area contributed by atoms with Crippen LogP contribution in [0.4, 0.5) is 0 Å². The molecular formula is C17H29NO. The Morgan fingerprint density at radius 2 is 1.68 bits per heavy atom. The first-order valence-electron chi connectivity index (χ1n) is 7.52. The molecule has 0 spiro atoms. The Bertz CT molecular complexity index is 364. The van der Waals surface area contributed by atoms with Gasteiger partial charge in [-0.2, -0.15) is 0 Å². The summed E-state index contributed by atoms with van der Waals surface area (Å²) in [6.07, 6.45) is 4.66. The van der Waals surface area contributed by atoms with Gasteiger partial charge in [-0.15, -0.1) is 0 Å². The van der Waals surface area contributed by atoms with Crippen molar-refractivity contribution in [3.63, 3.8) is 0 Å². The number of hydrogen-bond acceptors (Lipinski definition) is 2. The molecule has 108 valence electrons. The van der Waals surface area contributed by atoms with Gasteiger partial charge in [-0.05, 0) is 50.4 Å². The van der Waals surface area contributed by atoms with Crippen molar-refractivity contribution in [2.45, 2.75) is 59.5 Å². The van der Waals surface area contributed by atoms with E-state index in [1.54, 1.807) is 0 Å². The van der Waals surface area contributed by atoms with Crippen LogP contribution in [-0.2, 0) is 0 Å². The lowest BCUT2D eigenvalue weighted by Gasteiger charge is -2.18. The average Bonchev–Trinajstić information content (AvgIpc) is 2.32. The number of nitrogens with one attached hydrogen (secondary N) is 1. The van der Waals surface area contributed by atoms with Gasteiger partial charge in [0.05, 0.1) is 6.10 Å². The van der Waals surface area contributed by atoms with Crippen LogP contribution < -0.4 is 5.32 Å². The van der Waals surface area contributed by atoms with E-state index in [0.717, 1.165) is 12.1 Å². The van der Waals surface area contributed by atoms with Crippen LogP contribution in [0.3, 0.4) is 0 Å². The largest absolute Gasteiger partial charge is 0.387 e. The van der Waals surface area contributed by atoms with Gasteiger partial charge in [-0.1, -0.05) is 43.9 Å². The predicted octanol–water partition coefficient (Wildman–Crippen LogP) is 3.82. The number of hydrogen-bond donors (Lipinski definition) is 2. The lowest BCUT2D eigenvalue weighted by molar-refractivity contribution is 0.173. The van der Waals surface area contributed by atoms with Gasteiger partial charge in [0, 0.05) is 6.54 Å². The third-order valence-electron chi connectivity index (χ3n) is 3.62. The first kappa shape index (κ1) is 16.2. The van der Waals surface area contributed by atoms with E-state index in [-0.39, 0.29) is 0 Å². The summed E-state index contributed by atoms with van der Waals surface area (Å²) in [5.74, 6) is 0. The van der Waals surface area contributed by atoms with Crippen LogP contribution in [0.15, 0.2) is 12.1 Å². The summed E-state index contributed by atoms with van der Waals surface area (Å²) >= 11 is 0. The summed E-state index contributed by atoms with van der Waals surface area (Å²) in [4.78, 5) is 0. The molecule has 0 aliphatic carbocycles. The van der Waals surface area contributed by atoms with Crippen molar-refractivity contribution in [2.24, 2.45) is 0 Å². The molecule has 2 N–H and O–H groups in total. The minimum atomic E-state index is -0.397. The van der Waals surface area contributed by atoms with E-state index in [0.29, 0.717) is 6.54 Å². The molecule has 0 aliphatic rings. The highest BCUT2D eigenvalue weighted by Gasteiger charge is 2.13. The van der Waals surface area contributed by atoms with E-state index in [2.05, 4.69) is 45.1 Å². The molecule has 2 nitrogen and oxygen atoms in total. The fourth-order valence-electron chi connectivity index (χ4n) is 2.73. The summed E-state index contributed by atoms with van der Waals surface area (Å²) in [7, 11) is 0. The maximum atomic E-state index is 10.3. The Kier molecular flexibility index (Phi) is 7.11. The van der Waals surface area contributed by atoms with Gasteiger partial charge in [-0.25, -0.2) is 0 Å². The maximum absolute atomic E-state index is 10.3. The molecule has 0 bridgehead atoms. The molecule has 0 saturated carbocycles. The van der Waals surface area contributed by atoms with Crippen molar-refractivity contribution in [1.29, 1.82) is 0 Å². The van der Waals surface area contributed by atoms with Gasteiger partial charge < -0.3 is 10.4 Å². The summed E-state index contributed by atoms with van der Waals surface area (Å²) < 4.78 is 0. The Balaban J connectivity index is 2.43. The smallest absolute Gasteiger partial charge is 0.0919 e. The normalized spacial score (nSPS) is 12.7. The van der Waals surface area contributed by atoms with E-state index >= 15 is 0 Å². The Labute approximate surface area is 118 Å². The Morgan fingerprint density at radius 1 is 1.05 bits per heavy atom. The molecule has 1 rings (SSSR count). The highest BCUT2D eigenvalue weighted by atomic mass is 16.3. The highest BCUT2D eigenvalue weighted by molar-refractivity contribution is 5.39. The van der Waals surface area contributed by atoms with Crippen LogP contribution in [0, 0.1) is 20.8 Å². The van der Waals surface area contributed by atoms with Crippen LogP contribution in [0.2, 0.25) is 0 Å². The average molecular weight is 263 g/mol. The summed E-state index contributed by atoms with van der Waals surface area (Å²) in [6.45, 7) is 10.1. The fraction of sp³-hybridized carbons (Fsp3) is 0.647. The van der Waals surface area contributed by atoms with Crippen molar-refractivity contribution < 1.29 is 5.11 Å². The summed E-state index contributed by atoms with van der Waals surface area (Å²) in [6, 6.07) is 4.29. The van der Waals surface area contributed by atoms with Gasteiger partial charge in [-0.3, -0.25) is 0 Å². The number of aliphatic hydroxyl groups is 1. The second kappa shape index (κ2) is 8.34. The lowest BCUT2D eigenvalue weighted by atomic mass is 9.95. The van der Waals surface area contributed by atoms with E-state index < -0.39 is 6.10 Å². The molecule has 0 saturated heterocycles. The zero-order valence-electron chi connectivity index (χ0n) is 12.9. The molecule has 0 heterocycles. The number of aryl methyl sites for hydroxylation is 3. The molecule has 0 aromatic heterocycles. The van der Waals surface area contributed by atoms with Crippen LogP contribution in [0.5, 0.6) is 0 Å². The van der Waals surface area contributed by atoms with Gasteiger partial charge >= 0.3 is 0 Å². The van der Waals surface area contributed by atoms with E-state index in [1.165, 1.54) is 42.4 Å². The van der Waals surface area contributed by atoms with E-state index in [9.17, 15) is 5.11 Å². The van der Waals surface area contributed by atoms with E-state index in [4.69, 9.17) is 0 Å². The highest BCUT2D eigenvalue weighted by Crippen LogP contribution is 2.23. The summed E-state index contributed by atoms with van der Waals surface area (Å²) in [5.41, 5.74) is 4.74. The topological polar surface area (TPSA) is 32.3 Å². The molecule has 0 radical (unpaired) electrons.